The number of aliphatic hydroxyl groups is 1. The molecule has 6 nitrogen and oxygen atoms in total. The minimum Gasteiger partial charge on any atom is -0.512 e. The van der Waals surface area contributed by atoms with Crippen LogP contribution in [0.4, 0.5) is 0 Å². The third-order valence-electron chi connectivity index (χ3n) is 7.62. The molecule has 5 aromatic rings. The van der Waals surface area contributed by atoms with Crippen molar-refractivity contribution in [2.75, 3.05) is 0 Å². The first kappa shape index (κ1) is 32.6. The molecule has 8 heteroatoms. The first-order valence-corrected chi connectivity index (χ1v) is 15.1. The maximum atomic E-state index is 11.7. The van der Waals surface area contributed by atoms with Gasteiger partial charge in [0.15, 0.2) is 5.78 Å². The Morgan fingerprint density at radius 3 is 2.39 bits per heavy atom. The minimum atomic E-state index is 0. The Labute approximate surface area is 260 Å². The van der Waals surface area contributed by atoms with Crippen molar-refractivity contribution < 1.29 is 30.0 Å². The summed E-state index contributed by atoms with van der Waals surface area (Å²) < 4.78 is 3.13. The molecule has 3 heterocycles. The number of aromatic nitrogens is 4. The van der Waals surface area contributed by atoms with Crippen LogP contribution in [0, 0.1) is 17.9 Å². The monoisotopic (exact) mass is 748 g/mol. The van der Waals surface area contributed by atoms with Gasteiger partial charge < -0.3 is 5.11 Å². The Bertz CT molecular complexity index is 1630. The maximum absolute atomic E-state index is 11.7. The van der Waals surface area contributed by atoms with Crippen LogP contribution in [-0.4, -0.2) is 30.5 Å². The summed E-state index contributed by atoms with van der Waals surface area (Å²) in [4.78, 5) is 17.3. The molecule has 0 bridgehead atoms. The maximum Gasteiger partial charge on any atom is 0.216 e. The van der Waals surface area contributed by atoms with Gasteiger partial charge in [-0.05, 0) is 37.7 Å². The summed E-state index contributed by atoms with van der Waals surface area (Å²) in [6, 6.07) is 16.2. The van der Waals surface area contributed by atoms with Gasteiger partial charge in [0, 0.05) is 54.6 Å². The Hall–Kier alpha value is -2.93. The van der Waals surface area contributed by atoms with Crippen molar-refractivity contribution in [3.8, 4) is 11.3 Å². The Morgan fingerprint density at radius 2 is 1.73 bits per heavy atom. The molecule has 5 rings (SSSR count). The number of thiazole rings is 1. The molecule has 0 unspecified atom stereocenters. The molecule has 0 aliphatic rings. The van der Waals surface area contributed by atoms with Crippen molar-refractivity contribution in [1.82, 2.24) is 19.6 Å². The van der Waals surface area contributed by atoms with Gasteiger partial charge in [0.1, 0.15) is 6.33 Å². The molecule has 41 heavy (non-hydrogen) atoms. The van der Waals surface area contributed by atoms with Crippen LogP contribution in [0.5, 0.6) is 0 Å². The molecule has 2 aromatic carbocycles. The SMILES string of the molecule is CC(C)c1cc(-c2nccc3c2sc2nncn23)[c-]c2ccccc12.CCC(CC)C(=O)/C=C(\O)C(CC)CC.[Ir]. The number of ketones is 1. The smallest absolute Gasteiger partial charge is 0.216 e. The normalized spacial score (nSPS) is 11.9. The summed E-state index contributed by atoms with van der Waals surface area (Å²) in [6.07, 6.45) is 8.51. The van der Waals surface area contributed by atoms with Gasteiger partial charge in [-0.2, -0.15) is 0 Å². The van der Waals surface area contributed by atoms with E-state index in [0.29, 0.717) is 5.92 Å². The standard InChI is InChI=1S/C20H15N4S.C13H24O2.Ir/c1-12(2)16-10-14(9-13-5-3-4-6-15(13)16)18-19-17(7-8-21-18)24-11-22-23-20(24)25-19;1-5-10(6-2)12(14)9-13(15)11(7-3)8-4;/h3-8,10-12H,1-2H3;9-11,14H,5-8H2,1-4H3;/q-1;;/b;12-9-;. The van der Waals surface area contributed by atoms with E-state index in [1.54, 1.807) is 17.7 Å². The van der Waals surface area contributed by atoms with Gasteiger partial charge in [0.25, 0.3) is 0 Å². The Morgan fingerprint density at radius 1 is 1.05 bits per heavy atom. The molecule has 0 amide bonds. The van der Waals surface area contributed by atoms with Gasteiger partial charge >= 0.3 is 0 Å². The average molecular weight is 748 g/mol. The van der Waals surface area contributed by atoms with E-state index in [9.17, 15) is 9.90 Å². The molecule has 0 aliphatic heterocycles. The van der Waals surface area contributed by atoms with Crippen LogP contribution in [0.2, 0.25) is 0 Å². The zero-order valence-electron chi connectivity index (χ0n) is 24.6. The van der Waals surface area contributed by atoms with Gasteiger partial charge in [0.05, 0.1) is 11.3 Å². The summed E-state index contributed by atoms with van der Waals surface area (Å²) in [6.45, 7) is 12.5. The topological polar surface area (TPSA) is 80.4 Å². The molecule has 0 saturated carbocycles. The first-order valence-electron chi connectivity index (χ1n) is 14.3. The molecule has 0 spiro atoms. The number of allylic oxidation sites excluding steroid dienone is 2. The third-order valence-corrected chi connectivity index (χ3v) is 8.69. The molecule has 0 saturated heterocycles. The van der Waals surface area contributed by atoms with Crippen molar-refractivity contribution in [2.45, 2.75) is 73.1 Å². The number of rotatable bonds is 9. The van der Waals surface area contributed by atoms with Gasteiger partial charge in [0.2, 0.25) is 4.96 Å². The zero-order valence-corrected chi connectivity index (χ0v) is 27.9. The predicted molar refractivity (Wildman–Crippen MR) is 166 cm³/mol. The zero-order chi connectivity index (χ0) is 28.8. The van der Waals surface area contributed by atoms with Crippen molar-refractivity contribution in [1.29, 1.82) is 0 Å². The molecular formula is C33H39IrN4O2S-. The number of nitrogens with zero attached hydrogens (tertiary/aromatic N) is 4. The molecule has 0 aliphatic carbocycles. The number of carbonyl (C=O) groups is 1. The number of hydrogen-bond acceptors (Lipinski definition) is 6. The molecule has 1 radical (unpaired) electrons. The van der Waals surface area contributed by atoms with Crippen LogP contribution in [0.3, 0.4) is 0 Å². The summed E-state index contributed by atoms with van der Waals surface area (Å²) in [5, 5.41) is 20.3. The number of fused-ring (bicyclic) bond motifs is 4. The summed E-state index contributed by atoms with van der Waals surface area (Å²) in [5.41, 5.74) is 4.40. The van der Waals surface area contributed by atoms with Gasteiger partial charge in [-0.25, -0.2) is 0 Å². The van der Waals surface area contributed by atoms with Crippen LogP contribution in [0.25, 0.3) is 37.2 Å². The van der Waals surface area contributed by atoms with Crippen molar-refractivity contribution >= 4 is 43.1 Å². The second kappa shape index (κ2) is 14.8. The molecule has 0 atom stereocenters. The average Bonchev–Trinajstić information content (AvgIpc) is 3.56. The van der Waals surface area contributed by atoms with Crippen molar-refractivity contribution in [2.24, 2.45) is 11.8 Å². The van der Waals surface area contributed by atoms with Crippen molar-refractivity contribution in [3.63, 3.8) is 0 Å². The van der Waals surface area contributed by atoms with E-state index >= 15 is 0 Å². The van der Waals surface area contributed by atoms with E-state index in [0.717, 1.165) is 57.5 Å². The molecule has 0 fully saturated rings. The summed E-state index contributed by atoms with van der Waals surface area (Å²) in [7, 11) is 0. The van der Waals surface area contributed by atoms with E-state index in [2.05, 4.69) is 65.4 Å². The van der Waals surface area contributed by atoms with Gasteiger partial charge in [-0.15, -0.1) is 50.7 Å². The number of aliphatic hydroxyl groups excluding tert-OH is 1. The second-order valence-corrected chi connectivity index (χ2v) is 11.4. The van der Waals surface area contributed by atoms with E-state index in [4.69, 9.17) is 0 Å². The molecular weight excluding hydrogens is 709 g/mol. The van der Waals surface area contributed by atoms with Crippen LogP contribution < -0.4 is 0 Å². The van der Waals surface area contributed by atoms with Crippen LogP contribution in [0.1, 0.15) is 78.7 Å². The van der Waals surface area contributed by atoms with E-state index in [-0.39, 0.29) is 43.5 Å². The number of benzene rings is 2. The first-order chi connectivity index (χ1) is 19.3. The van der Waals surface area contributed by atoms with Gasteiger partial charge in [-0.3, -0.25) is 14.2 Å². The summed E-state index contributed by atoms with van der Waals surface area (Å²) in [5.74, 6) is 0.980. The van der Waals surface area contributed by atoms with E-state index < -0.39 is 0 Å². The van der Waals surface area contributed by atoms with Crippen LogP contribution in [-0.2, 0) is 24.9 Å². The van der Waals surface area contributed by atoms with Crippen LogP contribution in [0.15, 0.2) is 60.8 Å². The van der Waals surface area contributed by atoms with E-state index in [1.165, 1.54) is 17.0 Å². The molecule has 1 N–H and O–H groups in total. The van der Waals surface area contributed by atoms with Crippen molar-refractivity contribution in [3.05, 3.63) is 72.4 Å². The molecule has 219 valence electrons. The van der Waals surface area contributed by atoms with Gasteiger partial charge in [-0.1, -0.05) is 70.7 Å². The second-order valence-electron chi connectivity index (χ2n) is 10.4. The quantitative estimate of drug-likeness (QED) is 0.0926. The Balaban J connectivity index is 0.000000253. The number of pyridine rings is 1. The largest absolute Gasteiger partial charge is 0.512 e. The predicted octanol–water partition coefficient (Wildman–Crippen LogP) is 8.95. The third kappa shape index (κ3) is 7.11. The number of carbonyl (C=O) groups excluding carboxylic acids is 1. The minimum absolute atomic E-state index is 0. The summed E-state index contributed by atoms with van der Waals surface area (Å²) >= 11 is 1.62. The number of hydrogen-bond donors (Lipinski definition) is 1. The fraction of sp³-hybridized carbons (Fsp3) is 0.394. The van der Waals surface area contributed by atoms with E-state index in [1.807, 2.05) is 44.4 Å². The Kier molecular flexibility index (Phi) is 11.8. The molecule has 3 aromatic heterocycles. The van der Waals surface area contributed by atoms with Crippen LogP contribution >= 0.6 is 11.3 Å². The fourth-order valence-electron chi connectivity index (χ4n) is 5.11. The fourth-order valence-corrected chi connectivity index (χ4v) is 6.16.